The van der Waals surface area contributed by atoms with Crippen LogP contribution in [0.5, 0.6) is 0 Å². The van der Waals surface area contributed by atoms with E-state index in [0.29, 0.717) is 17.1 Å². The fourth-order valence-electron chi connectivity index (χ4n) is 1.75. The van der Waals surface area contributed by atoms with Gasteiger partial charge in [0.2, 0.25) is 0 Å². The monoisotopic (exact) mass is 337 g/mol. The van der Waals surface area contributed by atoms with Crippen LogP contribution in [0, 0.1) is 6.92 Å². The average molecular weight is 339 g/mol. The van der Waals surface area contributed by atoms with E-state index in [1.165, 1.54) is 0 Å². The van der Waals surface area contributed by atoms with Gasteiger partial charge in [0.1, 0.15) is 0 Å². The summed E-state index contributed by atoms with van der Waals surface area (Å²) in [6, 6.07) is 13.1. The molecule has 2 rings (SSSR count). The van der Waals surface area contributed by atoms with Crippen LogP contribution in [0.15, 0.2) is 46.9 Å². The molecule has 0 radical (unpaired) electrons. The number of nitrogens with one attached hydrogen (secondary N) is 1. The van der Waals surface area contributed by atoms with Crippen molar-refractivity contribution < 1.29 is 4.79 Å². The minimum absolute atomic E-state index is 0.0839. The van der Waals surface area contributed by atoms with E-state index in [-0.39, 0.29) is 5.91 Å². The molecule has 0 aliphatic carbocycles. The summed E-state index contributed by atoms with van der Waals surface area (Å²) in [7, 11) is 0. The molecule has 0 bridgehead atoms. The molecule has 2 nitrogen and oxygen atoms in total. The fraction of sp³-hybridized carbons (Fsp3) is 0.133. The van der Waals surface area contributed by atoms with Gasteiger partial charge in [0.25, 0.3) is 5.91 Å². The van der Waals surface area contributed by atoms with Crippen molar-refractivity contribution in [3.63, 3.8) is 0 Å². The van der Waals surface area contributed by atoms with Gasteiger partial charge in [0.05, 0.1) is 0 Å². The summed E-state index contributed by atoms with van der Waals surface area (Å²) in [5, 5.41) is 3.58. The Labute approximate surface area is 125 Å². The lowest BCUT2D eigenvalue weighted by atomic mass is 10.1. The van der Waals surface area contributed by atoms with Crippen LogP contribution in [-0.4, -0.2) is 5.91 Å². The number of amides is 1. The minimum atomic E-state index is -0.0839. The zero-order valence-electron chi connectivity index (χ0n) is 10.4. The summed E-state index contributed by atoms with van der Waals surface area (Å²) >= 11 is 9.20. The first kappa shape index (κ1) is 14.1. The number of carbonyl (C=O) groups is 1. The van der Waals surface area contributed by atoms with Crippen LogP contribution < -0.4 is 5.32 Å². The molecule has 19 heavy (non-hydrogen) atoms. The Bertz CT molecular complexity index is 575. The molecule has 1 N–H and O–H groups in total. The topological polar surface area (TPSA) is 29.1 Å². The molecule has 0 atom stereocenters. The third-order valence-electron chi connectivity index (χ3n) is 2.67. The molecule has 0 spiro atoms. The van der Waals surface area contributed by atoms with Crippen LogP contribution >= 0.6 is 27.5 Å². The van der Waals surface area contributed by atoms with E-state index in [0.717, 1.165) is 15.6 Å². The van der Waals surface area contributed by atoms with Crippen LogP contribution in [0.1, 0.15) is 21.5 Å². The van der Waals surface area contributed by atoms with Crippen LogP contribution in [0.25, 0.3) is 0 Å². The highest BCUT2D eigenvalue weighted by Crippen LogP contribution is 2.15. The molecule has 0 aliphatic heterocycles. The Balaban J connectivity index is 2.03. The van der Waals surface area contributed by atoms with Crippen LogP contribution in [0.4, 0.5) is 0 Å². The van der Waals surface area contributed by atoms with Gasteiger partial charge in [0.15, 0.2) is 0 Å². The first-order valence-corrected chi connectivity index (χ1v) is 7.01. The molecule has 2 aromatic carbocycles. The highest BCUT2D eigenvalue weighted by atomic mass is 79.9. The van der Waals surface area contributed by atoms with E-state index in [9.17, 15) is 4.79 Å². The van der Waals surface area contributed by atoms with Crippen molar-refractivity contribution in [1.82, 2.24) is 5.32 Å². The van der Waals surface area contributed by atoms with Crippen molar-refractivity contribution in [2.75, 3.05) is 0 Å². The lowest BCUT2D eigenvalue weighted by Crippen LogP contribution is -2.22. The second-order valence-electron chi connectivity index (χ2n) is 4.33. The predicted octanol–water partition coefficient (Wildman–Crippen LogP) is 4.34. The van der Waals surface area contributed by atoms with Gasteiger partial charge in [0, 0.05) is 21.6 Å². The molecular formula is C15H13BrClNO. The third kappa shape index (κ3) is 4.08. The predicted molar refractivity (Wildman–Crippen MR) is 81.5 cm³/mol. The van der Waals surface area contributed by atoms with Crippen molar-refractivity contribution >= 4 is 33.4 Å². The number of carbonyl (C=O) groups excluding carboxylic acids is 1. The number of rotatable bonds is 3. The van der Waals surface area contributed by atoms with Crippen molar-refractivity contribution in [2.45, 2.75) is 13.5 Å². The van der Waals surface area contributed by atoms with E-state index in [1.807, 2.05) is 49.4 Å². The normalized spacial score (nSPS) is 10.3. The van der Waals surface area contributed by atoms with E-state index in [4.69, 9.17) is 11.6 Å². The zero-order valence-corrected chi connectivity index (χ0v) is 12.8. The highest BCUT2D eigenvalue weighted by molar-refractivity contribution is 9.10. The smallest absolute Gasteiger partial charge is 0.251 e. The molecular weight excluding hydrogens is 326 g/mol. The maximum absolute atomic E-state index is 12.0. The number of hydrogen-bond donors (Lipinski definition) is 1. The van der Waals surface area contributed by atoms with Gasteiger partial charge in [-0.05, 0) is 48.4 Å². The molecule has 0 fully saturated rings. The summed E-state index contributed by atoms with van der Waals surface area (Å²) < 4.78 is 0.907. The first-order valence-electron chi connectivity index (χ1n) is 5.84. The lowest BCUT2D eigenvalue weighted by molar-refractivity contribution is 0.0951. The van der Waals surface area contributed by atoms with Gasteiger partial charge in [-0.3, -0.25) is 4.79 Å². The molecule has 0 aliphatic rings. The summed E-state index contributed by atoms with van der Waals surface area (Å²) in [4.78, 5) is 12.0. The zero-order chi connectivity index (χ0) is 13.8. The van der Waals surface area contributed by atoms with Gasteiger partial charge in [-0.15, -0.1) is 0 Å². The Morgan fingerprint density at radius 3 is 2.53 bits per heavy atom. The Hall–Kier alpha value is -1.32. The summed E-state index contributed by atoms with van der Waals surface area (Å²) in [6.45, 7) is 2.45. The average Bonchev–Trinajstić information content (AvgIpc) is 2.36. The molecule has 2 aromatic rings. The van der Waals surface area contributed by atoms with Crippen LogP contribution in [-0.2, 0) is 6.54 Å². The molecule has 0 saturated heterocycles. The number of halogens is 2. The number of benzene rings is 2. The second kappa shape index (κ2) is 6.22. The van der Waals surface area contributed by atoms with Gasteiger partial charge in [-0.25, -0.2) is 0 Å². The molecule has 0 aromatic heterocycles. The van der Waals surface area contributed by atoms with Gasteiger partial charge in [-0.1, -0.05) is 39.7 Å². The molecule has 4 heteroatoms. The van der Waals surface area contributed by atoms with E-state index in [1.54, 1.807) is 0 Å². The maximum Gasteiger partial charge on any atom is 0.251 e. The van der Waals surface area contributed by atoms with Crippen molar-refractivity contribution in [2.24, 2.45) is 0 Å². The SMILES string of the molecule is Cc1cc(Br)cc(C(=O)NCc2ccc(Cl)cc2)c1. The lowest BCUT2D eigenvalue weighted by Gasteiger charge is -2.07. The van der Waals surface area contributed by atoms with Crippen LogP contribution in [0.2, 0.25) is 5.02 Å². The Morgan fingerprint density at radius 1 is 1.21 bits per heavy atom. The standard InChI is InChI=1S/C15H13BrClNO/c1-10-6-12(8-13(16)7-10)15(19)18-9-11-2-4-14(17)5-3-11/h2-8H,9H2,1H3,(H,18,19). The van der Waals surface area contributed by atoms with Crippen molar-refractivity contribution in [3.05, 3.63) is 68.7 Å². The molecule has 0 saturated carbocycles. The summed E-state index contributed by atoms with van der Waals surface area (Å²) in [6.07, 6.45) is 0. The van der Waals surface area contributed by atoms with Gasteiger partial charge >= 0.3 is 0 Å². The maximum atomic E-state index is 12.0. The first-order chi connectivity index (χ1) is 9.04. The van der Waals surface area contributed by atoms with Gasteiger partial charge < -0.3 is 5.32 Å². The summed E-state index contributed by atoms with van der Waals surface area (Å²) in [5.41, 5.74) is 2.72. The minimum Gasteiger partial charge on any atom is -0.348 e. The van der Waals surface area contributed by atoms with E-state index >= 15 is 0 Å². The number of hydrogen-bond acceptors (Lipinski definition) is 1. The number of aryl methyl sites for hydroxylation is 1. The van der Waals surface area contributed by atoms with Gasteiger partial charge in [-0.2, -0.15) is 0 Å². The highest BCUT2D eigenvalue weighted by Gasteiger charge is 2.06. The third-order valence-corrected chi connectivity index (χ3v) is 3.38. The Morgan fingerprint density at radius 2 is 1.89 bits per heavy atom. The largest absolute Gasteiger partial charge is 0.348 e. The molecule has 98 valence electrons. The summed E-state index contributed by atoms with van der Waals surface area (Å²) in [5.74, 6) is -0.0839. The second-order valence-corrected chi connectivity index (χ2v) is 5.68. The van der Waals surface area contributed by atoms with Crippen molar-refractivity contribution in [3.8, 4) is 0 Å². The molecule has 0 unspecified atom stereocenters. The fourth-order valence-corrected chi connectivity index (χ4v) is 2.49. The molecule has 1 amide bonds. The van der Waals surface area contributed by atoms with Crippen molar-refractivity contribution in [1.29, 1.82) is 0 Å². The Kier molecular flexibility index (Phi) is 4.61. The van der Waals surface area contributed by atoms with E-state index < -0.39 is 0 Å². The quantitative estimate of drug-likeness (QED) is 0.886. The van der Waals surface area contributed by atoms with Crippen LogP contribution in [0.3, 0.4) is 0 Å². The molecule has 0 heterocycles. The van der Waals surface area contributed by atoms with E-state index in [2.05, 4.69) is 21.2 Å².